The molecule has 0 bridgehead atoms. The number of carbonyl (C=O) groups is 1. The Labute approximate surface area is 88.4 Å². The largest absolute Gasteiger partial charge is 0.370 e. The zero-order valence-electron chi connectivity index (χ0n) is 8.93. The van der Waals surface area contributed by atoms with E-state index in [0.717, 1.165) is 5.56 Å². The topological polar surface area (TPSA) is 84.2 Å². The van der Waals surface area contributed by atoms with Gasteiger partial charge in [0.25, 0.3) is 5.91 Å². The third-order valence-electron chi connectivity index (χ3n) is 2.12. The lowest BCUT2D eigenvalue weighted by molar-refractivity contribution is -0.140. The van der Waals surface area contributed by atoms with Gasteiger partial charge in [0.2, 0.25) is 0 Å². The fraction of sp³-hybridized carbons (Fsp3) is 0.556. The number of ether oxygens (including phenoxy) is 1. The summed E-state index contributed by atoms with van der Waals surface area (Å²) in [6.07, 6.45) is 2.85. The highest BCUT2D eigenvalue weighted by molar-refractivity contribution is 5.80. The van der Waals surface area contributed by atoms with Crippen molar-refractivity contribution in [3.63, 3.8) is 0 Å². The maximum absolute atomic E-state index is 11.7. The van der Waals surface area contributed by atoms with E-state index in [1.807, 2.05) is 0 Å². The molecule has 15 heavy (non-hydrogen) atoms. The number of hydrogen-bond acceptors (Lipinski definition) is 4. The summed E-state index contributed by atoms with van der Waals surface area (Å²) in [6, 6.07) is 0. The Balaban J connectivity index is 2.53. The van der Waals surface area contributed by atoms with Crippen LogP contribution in [-0.4, -0.2) is 47.8 Å². The number of nitrogens with one attached hydrogen (secondary N) is 1. The highest BCUT2D eigenvalue weighted by atomic mass is 16.5. The number of aromatic nitrogens is 2. The second kappa shape index (κ2) is 5.47. The van der Waals surface area contributed by atoms with Crippen molar-refractivity contribution >= 4 is 5.91 Å². The van der Waals surface area contributed by atoms with Gasteiger partial charge in [0.05, 0.1) is 6.20 Å². The molecule has 0 aliphatic heterocycles. The molecule has 3 N–H and O–H groups in total. The van der Waals surface area contributed by atoms with Gasteiger partial charge < -0.3 is 15.4 Å². The maximum atomic E-state index is 11.7. The van der Waals surface area contributed by atoms with Crippen LogP contribution in [0.5, 0.6) is 0 Å². The summed E-state index contributed by atoms with van der Waals surface area (Å²) < 4.78 is 4.96. The minimum atomic E-state index is -0.568. The summed E-state index contributed by atoms with van der Waals surface area (Å²) in [6.45, 7) is 0.681. The van der Waals surface area contributed by atoms with E-state index in [1.165, 1.54) is 7.11 Å². The van der Waals surface area contributed by atoms with Gasteiger partial charge in [0.15, 0.2) is 0 Å². The fourth-order valence-corrected chi connectivity index (χ4v) is 1.26. The maximum Gasteiger partial charge on any atom is 0.253 e. The Bertz CT molecular complexity index is 295. The number of likely N-dealkylation sites (N-methyl/N-ethyl adjacent to an activating group) is 1. The first-order valence-electron chi connectivity index (χ1n) is 4.64. The molecule has 0 spiro atoms. The van der Waals surface area contributed by atoms with Gasteiger partial charge in [-0.3, -0.25) is 9.89 Å². The van der Waals surface area contributed by atoms with Crippen LogP contribution in [0, 0.1) is 0 Å². The number of rotatable bonds is 5. The van der Waals surface area contributed by atoms with E-state index in [-0.39, 0.29) is 12.5 Å². The Kier molecular flexibility index (Phi) is 4.26. The first kappa shape index (κ1) is 11.7. The highest BCUT2D eigenvalue weighted by Crippen LogP contribution is 2.02. The van der Waals surface area contributed by atoms with Crippen LogP contribution in [0.2, 0.25) is 0 Å². The molecule has 1 aromatic rings. The van der Waals surface area contributed by atoms with E-state index < -0.39 is 6.10 Å². The number of nitrogens with zero attached hydrogens (tertiary/aromatic N) is 2. The van der Waals surface area contributed by atoms with Crippen molar-refractivity contribution in [2.75, 3.05) is 20.7 Å². The zero-order valence-corrected chi connectivity index (χ0v) is 8.93. The highest BCUT2D eigenvalue weighted by Gasteiger charge is 2.20. The summed E-state index contributed by atoms with van der Waals surface area (Å²) in [4.78, 5) is 13.3. The van der Waals surface area contributed by atoms with Gasteiger partial charge in [-0.15, -0.1) is 0 Å². The van der Waals surface area contributed by atoms with E-state index in [4.69, 9.17) is 10.5 Å². The number of carbonyl (C=O) groups excluding carboxylic acids is 1. The van der Waals surface area contributed by atoms with Crippen molar-refractivity contribution in [1.82, 2.24) is 15.1 Å². The molecule has 0 radical (unpaired) electrons. The lowest BCUT2D eigenvalue weighted by Gasteiger charge is -2.21. The minimum Gasteiger partial charge on any atom is -0.370 e. The lowest BCUT2D eigenvalue weighted by atomic mass is 10.2. The third kappa shape index (κ3) is 3.03. The van der Waals surface area contributed by atoms with Crippen LogP contribution in [0.15, 0.2) is 12.4 Å². The van der Waals surface area contributed by atoms with E-state index in [1.54, 1.807) is 24.3 Å². The van der Waals surface area contributed by atoms with E-state index in [0.29, 0.717) is 6.54 Å². The first-order valence-corrected chi connectivity index (χ1v) is 4.64. The quantitative estimate of drug-likeness (QED) is 0.678. The van der Waals surface area contributed by atoms with Crippen LogP contribution in [0.1, 0.15) is 5.56 Å². The molecule has 0 aliphatic rings. The van der Waals surface area contributed by atoms with E-state index in [9.17, 15) is 4.79 Å². The van der Waals surface area contributed by atoms with Crippen molar-refractivity contribution in [3.8, 4) is 0 Å². The number of aromatic amines is 1. The normalized spacial score (nSPS) is 12.5. The van der Waals surface area contributed by atoms with Gasteiger partial charge in [0.1, 0.15) is 6.10 Å². The fourth-order valence-electron chi connectivity index (χ4n) is 1.26. The molecule has 1 atom stereocenters. The smallest absolute Gasteiger partial charge is 0.253 e. The number of methoxy groups -OCH3 is 1. The summed E-state index contributed by atoms with van der Waals surface area (Å²) >= 11 is 0. The molecule has 0 fully saturated rings. The van der Waals surface area contributed by atoms with Gasteiger partial charge in [-0.25, -0.2) is 0 Å². The SMILES string of the molecule is COC(CN)C(=O)N(C)Cc1cn[nH]c1. The van der Waals surface area contributed by atoms with Crippen molar-refractivity contribution in [2.24, 2.45) is 5.73 Å². The Hall–Kier alpha value is -1.40. The van der Waals surface area contributed by atoms with Crippen LogP contribution in [-0.2, 0) is 16.1 Å². The first-order chi connectivity index (χ1) is 7.19. The molecular formula is C9H16N4O2. The Morgan fingerprint density at radius 1 is 1.80 bits per heavy atom. The van der Waals surface area contributed by atoms with Crippen LogP contribution in [0.25, 0.3) is 0 Å². The summed E-state index contributed by atoms with van der Waals surface area (Å²) in [5, 5.41) is 6.49. The molecule has 84 valence electrons. The van der Waals surface area contributed by atoms with Crippen molar-refractivity contribution in [1.29, 1.82) is 0 Å². The molecule has 0 saturated carbocycles. The van der Waals surface area contributed by atoms with Crippen molar-refractivity contribution < 1.29 is 9.53 Å². The molecule has 1 heterocycles. The summed E-state index contributed by atoms with van der Waals surface area (Å²) in [5.74, 6) is -0.124. The van der Waals surface area contributed by atoms with Crippen molar-refractivity contribution in [3.05, 3.63) is 18.0 Å². The average Bonchev–Trinajstić information content (AvgIpc) is 2.72. The van der Waals surface area contributed by atoms with Crippen LogP contribution in [0.4, 0.5) is 0 Å². The molecule has 0 aromatic carbocycles. The molecule has 1 unspecified atom stereocenters. The molecule has 1 aromatic heterocycles. The van der Waals surface area contributed by atoms with Crippen LogP contribution < -0.4 is 5.73 Å². The minimum absolute atomic E-state index is 0.124. The van der Waals surface area contributed by atoms with E-state index in [2.05, 4.69) is 10.2 Å². The zero-order chi connectivity index (χ0) is 11.3. The van der Waals surface area contributed by atoms with Gasteiger partial charge in [-0.2, -0.15) is 5.10 Å². The molecule has 0 saturated heterocycles. The number of hydrogen-bond donors (Lipinski definition) is 2. The molecule has 6 heteroatoms. The lowest BCUT2D eigenvalue weighted by Crippen LogP contribution is -2.41. The van der Waals surface area contributed by atoms with Crippen LogP contribution >= 0.6 is 0 Å². The monoisotopic (exact) mass is 212 g/mol. The Morgan fingerprint density at radius 2 is 2.53 bits per heavy atom. The number of amides is 1. The van der Waals surface area contributed by atoms with Gasteiger partial charge in [-0.1, -0.05) is 0 Å². The molecular weight excluding hydrogens is 196 g/mol. The summed E-state index contributed by atoms with van der Waals surface area (Å²) in [7, 11) is 3.18. The van der Waals surface area contributed by atoms with E-state index >= 15 is 0 Å². The van der Waals surface area contributed by atoms with Gasteiger partial charge in [-0.05, 0) is 0 Å². The number of H-pyrrole nitrogens is 1. The summed E-state index contributed by atoms with van der Waals surface area (Å²) in [5.41, 5.74) is 6.35. The molecule has 6 nitrogen and oxygen atoms in total. The standard InChI is InChI=1S/C9H16N4O2/c1-13(6-7-4-11-12-5-7)9(14)8(3-10)15-2/h4-5,8H,3,6,10H2,1-2H3,(H,11,12). The molecule has 0 aliphatic carbocycles. The van der Waals surface area contributed by atoms with Crippen molar-refractivity contribution in [2.45, 2.75) is 12.6 Å². The number of nitrogens with two attached hydrogens (primary N) is 1. The van der Waals surface area contributed by atoms with Gasteiger partial charge >= 0.3 is 0 Å². The Morgan fingerprint density at radius 3 is 3.00 bits per heavy atom. The predicted molar refractivity (Wildman–Crippen MR) is 54.9 cm³/mol. The molecule has 1 amide bonds. The van der Waals surface area contributed by atoms with Crippen LogP contribution in [0.3, 0.4) is 0 Å². The van der Waals surface area contributed by atoms with Gasteiger partial charge in [0, 0.05) is 39.0 Å². The predicted octanol–water partition coefficient (Wildman–Crippen LogP) is -0.658. The third-order valence-corrected chi connectivity index (χ3v) is 2.12. The molecule has 1 rings (SSSR count). The average molecular weight is 212 g/mol. The second-order valence-corrected chi connectivity index (χ2v) is 3.26. The second-order valence-electron chi connectivity index (χ2n) is 3.26.